The molecule has 1 aliphatic heterocycles. The zero-order valence-corrected chi connectivity index (χ0v) is 11.5. The Hall–Kier alpha value is -0.420. The first-order valence-electron chi connectivity index (χ1n) is 6.48. The van der Waals surface area contributed by atoms with Crippen molar-refractivity contribution in [1.29, 1.82) is 0 Å². The number of nitrogens with zero attached hydrogens (tertiary/aromatic N) is 1. The van der Waals surface area contributed by atoms with Crippen LogP contribution in [-0.4, -0.2) is 42.8 Å². The van der Waals surface area contributed by atoms with Crippen LogP contribution in [-0.2, 0) is 4.74 Å². The highest BCUT2D eigenvalue weighted by atomic mass is 16.5. The summed E-state index contributed by atoms with van der Waals surface area (Å²) in [4.78, 5) is 2.45. The summed E-state index contributed by atoms with van der Waals surface area (Å²) < 4.78 is 5.40. The molecule has 0 aromatic rings. The number of hydrazine groups is 1. The minimum atomic E-state index is 0.0244. The fraction of sp³-hybridized carbons (Fsp3) is 0.846. The average molecular weight is 241 g/mol. The maximum atomic E-state index is 5.72. The summed E-state index contributed by atoms with van der Waals surface area (Å²) in [5, 5.41) is 0. The molecule has 3 N–H and O–H groups in total. The van der Waals surface area contributed by atoms with Crippen LogP contribution < -0.4 is 11.3 Å². The number of hydrogen-bond acceptors (Lipinski definition) is 4. The van der Waals surface area contributed by atoms with Crippen LogP contribution in [0.4, 0.5) is 0 Å². The molecule has 1 rings (SSSR count). The molecule has 0 saturated carbocycles. The summed E-state index contributed by atoms with van der Waals surface area (Å²) in [6, 6.07) is 0.230. The molecule has 1 fully saturated rings. The highest BCUT2D eigenvalue weighted by Gasteiger charge is 2.35. The number of nitrogens with two attached hydrogens (primary N) is 1. The van der Waals surface area contributed by atoms with E-state index in [1.807, 2.05) is 0 Å². The molecule has 0 aromatic carbocycles. The van der Waals surface area contributed by atoms with Crippen molar-refractivity contribution in [3.05, 3.63) is 12.2 Å². The lowest BCUT2D eigenvalue weighted by Crippen LogP contribution is -2.61. The van der Waals surface area contributed by atoms with Crippen LogP contribution >= 0.6 is 0 Å². The van der Waals surface area contributed by atoms with Crippen molar-refractivity contribution < 1.29 is 4.74 Å². The first-order chi connectivity index (χ1) is 8.02. The molecule has 0 bridgehead atoms. The van der Waals surface area contributed by atoms with Gasteiger partial charge in [0.2, 0.25) is 0 Å². The van der Waals surface area contributed by atoms with Gasteiger partial charge in [0.05, 0.1) is 13.2 Å². The predicted octanol–water partition coefficient (Wildman–Crippen LogP) is 1.29. The van der Waals surface area contributed by atoms with Gasteiger partial charge < -0.3 is 4.74 Å². The monoisotopic (exact) mass is 241 g/mol. The summed E-state index contributed by atoms with van der Waals surface area (Å²) in [5.41, 5.74) is 4.23. The largest absolute Gasteiger partial charge is 0.379 e. The van der Waals surface area contributed by atoms with Gasteiger partial charge in [0.15, 0.2) is 0 Å². The Kier molecular flexibility index (Phi) is 5.59. The molecule has 1 unspecified atom stereocenters. The molecule has 0 amide bonds. The standard InChI is InChI=1S/C13H27N3O/c1-5-11(2)10-12(15-14)13(3,4)16-6-8-17-9-7-16/h12,15H,2,5-10,14H2,1,3-4H3. The van der Waals surface area contributed by atoms with E-state index in [0.29, 0.717) is 0 Å². The molecular formula is C13H27N3O. The van der Waals surface area contributed by atoms with Crippen LogP contribution in [0.15, 0.2) is 12.2 Å². The van der Waals surface area contributed by atoms with Gasteiger partial charge in [-0.05, 0) is 26.7 Å². The van der Waals surface area contributed by atoms with Crippen molar-refractivity contribution in [2.24, 2.45) is 5.84 Å². The second-order valence-corrected chi connectivity index (χ2v) is 5.28. The van der Waals surface area contributed by atoms with E-state index in [1.165, 1.54) is 5.57 Å². The van der Waals surface area contributed by atoms with Crippen molar-refractivity contribution in [2.45, 2.75) is 45.2 Å². The van der Waals surface area contributed by atoms with E-state index in [-0.39, 0.29) is 11.6 Å². The van der Waals surface area contributed by atoms with E-state index in [4.69, 9.17) is 10.6 Å². The number of rotatable bonds is 6. The van der Waals surface area contributed by atoms with Gasteiger partial charge in [0.25, 0.3) is 0 Å². The Morgan fingerprint density at radius 1 is 1.47 bits per heavy atom. The lowest BCUT2D eigenvalue weighted by atomic mass is 9.87. The van der Waals surface area contributed by atoms with E-state index in [2.05, 4.69) is 37.7 Å². The zero-order chi connectivity index (χ0) is 12.9. The van der Waals surface area contributed by atoms with Gasteiger partial charge in [-0.2, -0.15) is 0 Å². The fourth-order valence-electron chi connectivity index (χ4n) is 2.31. The molecule has 0 spiro atoms. The van der Waals surface area contributed by atoms with Crippen LogP contribution in [0.3, 0.4) is 0 Å². The smallest absolute Gasteiger partial charge is 0.0594 e. The van der Waals surface area contributed by atoms with Gasteiger partial charge in [0, 0.05) is 24.7 Å². The second-order valence-electron chi connectivity index (χ2n) is 5.28. The van der Waals surface area contributed by atoms with E-state index >= 15 is 0 Å². The van der Waals surface area contributed by atoms with Gasteiger partial charge >= 0.3 is 0 Å². The van der Waals surface area contributed by atoms with Crippen molar-refractivity contribution in [3.8, 4) is 0 Å². The van der Waals surface area contributed by atoms with Crippen LogP contribution in [0.25, 0.3) is 0 Å². The third-order valence-electron chi connectivity index (χ3n) is 3.87. The third-order valence-corrected chi connectivity index (χ3v) is 3.87. The van der Waals surface area contributed by atoms with Gasteiger partial charge in [-0.3, -0.25) is 16.2 Å². The molecular weight excluding hydrogens is 214 g/mol. The lowest BCUT2D eigenvalue weighted by molar-refractivity contribution is -0.0233. The zero-order valence-electron chi connectivity index (χ0n) is 11.5. The van der Waals surface area contributed by atoms with Crippen molar-refractivity contribution in [3.63, 3.8) is 0 Å². The molecule has 1 aliphatic rings. The normalized spacial score (nSPS) is 20.2. The second kappa shape index (κ2) is 6.50. The van der Waals surface area contributed by atoms with E-state index in [1.54, 1.807) is 0 Å². The number of hydrogen-bond donors (Lipinski definition) is 2. The maximum Gasteiger partial charge on any atom is 0.0594 e. The number of ether oxygens (including phenoxy) is 1. The summed E-state index contributed by atoms with van der Waals surface area (Å²) >= 11 is 0. The molecule has 17 heavy (non-hydrogen) atoms. The Bertz CT molecular complexity index is 247. The van der Waals surface area contributed by atoms with Gasteiger partial charge in [-0.1, -0.05) is 19.1 Å². The van der Waals surface area contributed by atoms with Crippen LogP contribution in [0.2, 0.25) is 0 Å². The molecule has 1 saturated heterocycles. The Labute approximate surface area is 105 Å². The topological polar surface area (TPSA) is 50.5 Å². The van der Waals surface area contributed by atoms with Crippen LogP contribution in [0.1, 0.15) is 33.6 Å². The van der Waals surface area contributed by atoms with Crippen molar-refractivity contribution >= 4 is 0 Å². The van der Waals surface area contributed by atoms with Crippen LogP contribution in [0.5, 0.6) is 0 Å². The summed E-state index contributed by atoms with van der Waals surface area (Å²) in [6.45, 7) is 14.3. The Morgan fingerprint density at radius 3 is 2.53 bits per heavy atom. The molecule has 0 radical (unpaired) electrons. The first kappa shape index (κ1) is 14.6. The molecule has 4 nitrogen and oxygen atoms in total. The van der Waals surface area contributed by atoms with Gasteiger partial charge in [0.1, 0.15) is 0 Å². The molecule has 0 aromatic heterocycles. The fourth-order valence-corrected chi connectivity index (χ4v) is 2.31. The third kappa shape index (κ3) is 3.78. The SMILES string of the molecule is C=C(CC)CC(NN)C(C)(C)N1CCOCC1. The lowest BCUT2D eigenvalue weighted by Gasteiger charge is -2.45. The molecule has 100 valence electrons. The van der Waals surface area contributed by atoms with Gasteiger partial charge in [-0.15, -0.1) is 0 Å². The predicted molar refractivity (Wildman–Crippen MR) is 71.6 cm³/mol. The van der Waals surface area contributed by atoms with E-state index < -0.39 is 0 Å². The highest BCUT2D eigenvalue weighted by Crippen LogP contribution is 2.24. The van der Waals surface area contributed by atoms with Crippen LogP contribution in [0, 0.1) is 0 Å². The summed E-state index contributed by atoms with van der Waals surface area (Å²) in [7, 11) is 0. The maximum absolute atomic E-state index is 5.72. The molecule has 0 aliphatic carbocycles. The Morgan fingerprint density at radius 2 is 2.06 bits per heavy atom. The first-order valence-corrected chi connectivity index (χ1v) is 6.48. The van der Waals surface area contributed by atoms with Gasteiger partial charge in [-0.25, -0.2) is 0 Å². The summed E-state index contributed by atoms with van der Waals surface area (Å²) in [6.07, 6.45) is 1.94. The number of nitrogens with one attached hydrogen (secondary N) is 1. The molecule has 4 heteroatoms. The minimum absolute atomic E-state index is 0.0244. The highest BCUT2D eigenvalue weighted by molar-refractivity contribution is 5.03. The van der Waals surface area contributed by atoms with E-state index in [9.17, 15) is 0 Å². The minimum Gasteiger partial charge on any atom is -0.379 e. The van der Waals surface area contributed by atoms with Crippen molar-refractivity contribution in [1.82, 2.24) is 10.3 Å². The molecule has 1 heterocycles. The molecule has 1 atom stereocenters. The number of morpholine rings is 1. The summed E-state index contributed by atoms with van der Waals surface area (Å²) in [5.74, 6) is 5.72. The van der Waals surface area contributed by atoms with E-state index in [0.717, 1.165) is 39.1 Å². The van der Waals surface area contributed by atoms with Crippen molar-refractivity contribution in [2.75, 3.05) is 26.3 Å². The average Bonchev–Trinajstić information content (AvgIpc) is 2.36. The Balaban J connectivity index is 2.66. The quantitative estimate of drug-likeness (QED) is 0.418.